The van der Waals surface area contributed by atoms with Crippen LogP contribution in [0.5, 0.6) is 0 Å². The lowest BCUT2D eigenvalue weighted by atomic mass is 9.90. The van der Waals surface area contributed by atoms with E-state index in [2.05, 4.69) is 17.2 Å². The summed E-state index contributed by atoms with van der Waals surface area (Å²) in [5.74, 6) is -1.06. The molecule has 2 aromatic rings. The summed E-state index contributed by atoms with van der Waals surface area (Å²) in [5.41, 5.74) is 4.26. The minimum Gasteiger partial charge on any atom is -0.460 e. The molecule has 0 saturated carbocycles. The van der Waals surface area contributed by atoms with Crippen molar-refractivity contribution in [2.24, 2.45) is 0 Å². The molecule has 28 heavy (non-hydrogen) atoms. The van der Waals surface area contributed by atoms with Crippen LogP contribution in [0.15, 0.2) is 66.3 Å². The van der Waals surface area contributed by atoms with Gasteiger partial charge in [0.15, 0.2) is 0 Å². The summed E-state index contributed by atoms with van der Waals surface area (Å²) < 4.78 is 4.95. The summed E-state index contributed by atoms with van der Waals surface area (Å²) in [6.45, 7) is 5.13. The van der Waals surface area contributed by atoms with Gasteiger partial charge in [0.25, 0.3) is 5.91 Å². The van der Waals surface area contributed by atoms with Crippen LogP contribution in [0.4, 0.5) is 5.69 Å². The molecule has 0 saturated heterocycles. The molecule has 0 bridgehead atoms. The fraction of sp³-hybridized carbons (Fsp3) is 0.136. The molecule has 1 aliphatic rings. The van der Waals surface area contributed by atoms with Crippen LogP contribution in [0.25, 0.3) is 16.8 Å². The highest BCUT2D eigenvalue weighted by molar-refractivity contribution is 6.10. The number of carbonyl (C=O) groups excluding carboxylic acids is 2. The molecule has 1 heterocycles. The van der Waals surface area contributed by atoms with E-state index in [0.717, 1.165) is 22.4 Å². The van der Waals surface area contributed by atoms with E-state index in [4.69, 9.17) is 4.74 Å². The number of nitrogens with one attached hydrogen (secondary N) is 2. The van der Waals surface area contributed by atoms with Crippen molar-refractivity contribution in [3.05, 3.63) is 71.8 Å². The van der Waals surface area contributed by atoms with Crippen LogP contribution in [0.1, 0.15) is 12.5 Å². The van der Waals surface area contributed by atoms with E-state index >= 15 is 0 Å². The topological polar surface area (TPSA) is 91.2 Å². The predicted molar refractivity (Wildman–Crippen MR) is 107 cm³/mol. The number of hydrogen-bond donors (Lipinski definition) is 2. The first kappa shape index (κ1) is 18.9. The molecule has 0 spiro atoms. The zero-order valence-corrected chi connectivity index (χ0v) is 15.4. The second-order valence-corrected chi connectivity index (χ2v) is 6.25. The Balaban J connectivity index is 1.85. The van der Waals surface area contributed by atoms with Crippen LogP contribution in [-0.4, -0.2) is 25.0 Å². The Morgan fingerprint density at radius 1 is 1.11 bits per heavy atom. The van der Waals surface area contributed by atoms with E-state index in [-0.39, 0.29) is 24.3 Å². The molecule has 0 aromatic heterocycles. The molecule has 1 aliphatic heterocycles. The number of anilines is 1. The van der Waals surface area contributed by atoms with Gasteiger partial charge in [-0.1, -0.05) is 49.0 Å². The number of nitrogens with zero attached hydrogens (tertiary/aromatic N) is 1. The molecule has 0 atom stereocenters. The van der Waals surface area contributed by atoms with Gasteiger partial charge >= 0.3 is 5.97 Å². The lowest BCUT2D eigenvalue weighted by molar-refractivity contribution is -0.139. The highest BCUT2D eigenvalue weighted by Gasteiger charge is 2.24. The molecule has 0 radical (unpaired) electrons. The van der Waals surface area contributed by atoms with Gasteiger partial charge in [0, 0.05) is 22.4 Å². The maximum atomic E-state index is 12.6. The van der Waals surface area contributed by atoms with E-state index in [1.54, 1.807) is 6.92 Å². The van der Waals surface area contributed by atoms with Gasteiger partial charge in [0.2, 0.25) is 0 Å². The average molecular weight is 373 g/mol. The zero-order chi connectivity index (χ0) is 20.1. The van der Waals surface area contributed by atoms with Crippen molar-refractivity contribution in [2.45, 2.75) is 6.92 Å². The van der Waals surface area contributed by atoms with Gasteiger partial charge in [-0.05, 0) is 18.6 Å². The van der Waals surface area contributed by atoms with E-state index in [1.165, 1.54) is 0 Å². The lowest BCUT2D eigenvalue weighted by Gasteiger charge is -2.24. The van der Waals surface area contributed by atoms with E-state index in [0.29, 0.717) is 5.70 Å². The number of hydrogen-bond acceptors (Lipinski definition) is 5. The van der Waals surface area contributed by atoms with Crippen molar-refractivity contribution in [3.63, 3.8) is 0 Å². The van der Waals surface area contributed by atoms with Crippen LogP contribution in [-0.2, 0) is 14.3 Å². The molecule has 2 N–H and O–H groups in total. The molecule has 0 aliphatic carbocycles. The Kier molecular flexibility index (Phi) is 5.56. The van der Waals surface area contributed by atoms with Crippen molar-refractivity contribution < 1.29 is 14.3 Å². The van der Waals surface area contributed by atoms with Crippen LogP contribution >= 0.6 is 0 Å². The number of rotatable bonds is 5. The Hall–Kier alpha value is -3.85. The third-order valence-corrected chi connectivity index (χ3v) is 4.23. The fourth-order valence-corrected chi connectivity index (χ4v) is 2.90. The molecule has 6 heteroatoms. The largest absolute Gasteiger partial charge is 0.460 e. The van der Waals surface area contributed by atoms with Crippen LogP contribution in [0.2, 0.25) is 0 Å². The second-order valence-electron chi connectivity index (χ2n) is 6.25. The minimum atomic E-state index is -0.537. The third-order valence-electron chi connectivity index (χ3n) is 4.23. The number of ether oxygens (including phenoxy) is 1. The van der Waals surface area contributed by atoms with Gasteiger partial charge in [-0.15, -0.1) is 0 Å². The third kappa shape index (κ3) is 3.79. The summed E-state index contributed by atoms with van der Waals surface area (Å²) >= 11 is 0. The first-order valence-corrected chi connectivity index (χ1v) is 8.74. The fourth-order valence-electron chi connectivity index (χ4n) is 2.90. The number of benzene rings is 2. The number of para-hydroxylation sites is 1. The lowest BCUT2D eigenvalue weighted by Crippen LogP contribution is -2.30. The van der Waals surface area contributed by atoms with Gasteiger partial charge in [0.1, 0.15) is 18.2 Å². The number of amides is 1. The minimum absolute atomic E-state index is 0.00166. The van der Waals surface area contributed by atoms with Gasteiger partial charge in [-0.2, -0.15) is 5.26 Å². The van der Waals surface area contributed by atoms with Crippen molar-refractivity contribution in [1.82, 2.24) is 5.32 Å². The molecule has 6 nitrogen and oxygen atoms in total. The molecular formula is C22H19N3O3. The van der Waals surface area contributed by atoms with Crippen molar-refractivity contribution in [1.29, 1.82) is 5.26 Å². The van der Waals surface area contributed by atoms with E-state index in [1.807, 2.05) is 54.6 Å². The van der Waals surface area contributed by atoms with Crippen LogP contribution in [0, 0.1) is 11.3 Å². The van der Waals surface area contributed by atoms with E-state index < -0.39 is 11.9 Å². The summed E-state index contributed by atoms with van der Waals surface area (Å²) in [7, 11) is 0. The normalized spacial score (nSPS) is 13.1. The van der Waals surface area contributed by atoms with Crippen molar-refractivity contribution in [3.8, 4) is 17.2 Å². The molecule has 0 fully saturated rings. The van der Waals surface area contributed by atoms with Crippen LogP contribution in [0.3, 0.4) is 0 Å². The summed E-state index contributed by atoms with van der Waals surface area (Å²) in [6.07, 6.45) is 0. The number of carbonyl (C=O) groups is 2. The average Bonchev–Trinajstić information content (AvgIpc) is 2.71. The second kappa shape index (κ2) is 8.23. The van der Waals surface area contributed by atoms with Gasteiger partial charge < -0.3 is 15.4 Å². The predicted octanol–water partition coefficient (Wildman–Crippen LogP) is 3.25. The monoisotopic (exact) mass is 373 g/mol. The number of esters is 1. The quantitative estimate of drug-likeness (QED) is 0.363. The van der Waals surface area contributed by atoms with Crippen LogP contribution < -0.4 is 10.6 Å². The summed E-state index contributed by atoms with van der Waals surface area (Å²) in [6, 6.07) is 17.3. The molecule has 3 rings (SSSR count). The van der Waals surface area contributed by atoms with Crippen molar-refractivity contribution in [2.75, 3.05) is 18.5 Å². The summed E-state index contributed by atoms with van der Waals surface area (Å²) in [5, 5.41) is 15.5. The van der Waals surface area contributed by atoms with Gasteiger partial charge in [0.05, 0.1) is 12.2 Å². The molecular weight excluding hydrogens is 354 g/mol. The Bertz CT molecular complexity index is 1030. The molecule has 140 valence electrons. The molecule has 0 unspecified atom stereocenters. The standard InChI is InChI=1S/C22H19N3O3/c1-14(2)22(27)28-12-11-24-21(26)18(13-23)20-17-9-4-3-7-15(17)16-8-5-6-10-19(16)25-20/h3-10,25H,1,11-12H2,2H3,(H,24,26)/b20-18-. The highest BCUT2D eigenvalue weighted by atomic mass is 16.5. The van der Waals surface area contributed by atoms with Gasteiger partial charge in [-0.3, -0.25) is 4.79 Å². The van der Waals surface area contributed by atoms with Gasteiger partial charge in [-0.25, -0.2) is 4.79 Å². The highest BCUT2D eigenvalue weighted by Crippen LogP contribution is 2.40. The zero-order valence-electron chi connectivity index (χ0n) is 15.4. The first-order valence-electron chi connectivity index (χ1n) is 8.74. The first-order chi connectivity index (χ1) is 13.5. The number of fused-ring (bicyclic) bond motifs is 3. The Morgan fingerprint density at radius 2 is 1.75 bits per heavy atom. The maximum Gasteiger partial charge on any atom is 0.333 e. The summed E-state index contributed by atoms with van der Waals surface area (Å²) in [4.78, 5) is 24.0. The smallest absolute Gasteiger partial charge is 0.333 e. The Labute approximate surface area is 163 Å². The molecule has 1 amide bonds. The SMILES string of the molecule is C=C(C)C(=O)OCCNC(=O)/C(C#N)=C1\Nc2ccccc2-c2ccccc21. The molecule has 2 aromatic carbocycles. The van der Waals surface area contributed by atoms with E-state index in [9.17, 15) is 14.9 Å². The van der Waals surface area contributed by atoms with Crippen molar-refractivity contribution >= 4 is 23.3 Å². The maximum absolute atomic E-state index is 12.6. The number of nitriles is 1. The Morgan fingerprint density at radius 3 is 2.43 bits per heavy atom.